The summed E-state index contributed by atoms with van der Waals surface area (Å²) in [7, 11) is 1.43. The molecular formula is C13H15N3O2S. The Kier molecular flexibility index (Phi) is 3.33. The molecule has 2 aromatic rings. The summed E-state index contributed by atoms with van der Waals surface area (Å²) < 4.78 is 6.94. The van der Waals surface area contributed by atoms with Crippen molar-refractivity contribution >= 4 is 17.3 Å². The van der Waals surface area contributed by atoms with Gasteiger partial charge in [0.15, 0.2) is 0 Å². The van der Waals surface area contributed by atoms with Crippen LogP contribution in [0.3, 0.4) is 0 Å². The number of methoxy groups -OCH3 is 1. The Morgan fingerprint density at radius 1 is 1.58 bits per heavy atom. The SMILES string of the molecule is COC(=O)C1CCn2c(Cc3ccsc3)nnc2C1. The zero-order chi connectivity index (χ0) is 13.2. The van der Waals surface area contributed by atoms with Crippen LogP contribution in [0.25, 0.3) is 0 Å². The molecule has 0 aliphatic carbocycles. The van der Waals surface area contributed by atoms with Gasteiger partial charge in [0.05, 0.1) is 13.0 Å². The maximum atomic E-state index is 11.6. The Hall–Kier alpha value is -1.69. The minimum atomic E-state index is -0.145. The third kappa shape index (κ3) is 2.40. The number of rotatable bonds is 3. The van der Waals surface area contributed by atoms with E-state index in [2.05, 4.69) is 31.6 Å². The van der Waals surface area contributed by atoms with E-state index in [-0.39, 0.29) is 11.9 Å². The van der Waals surface area contributed by atoms with Crippen molar-refractivity contribution in [2.45, 2.75) is 25.8 Å². The van der Waals surface area contributed by atoms with Crippen molar-refractivity contribution < 1.29 is 9.53 Å². The van der Waals surface area contributed by atoms with Crippen LogP contribution < -0.4 is 0 Å². The number of esters is 1. The number of hydrogen-bond donors (Lipinski definition) is 0. The van der Waals surface area contributed by atoms with Crippen LogP contribution in [0.5, 0.6) is 0 Å². The maximum absolute atomic E-state index is 11.6. The standard InChI is InChI=1S/C13H15N3O2S/c1-18-13(17)10-2-4-16-11(14-15-12(16)7-10)6-9-3-5-19-8-9/h3,5,8,10H,2,4,6-7H2,1H3. The molecular weight excluding hydrogens is 262 g/mol. The second-order valence-corrected chi connectivity index (χ2v) is 5.49. The summed E-state index contributed by atoms with van der Waals surface area (Å²) in [5.74, 6) is 1.66. The summed E-state index contributed by atoms with van der Waals surface area (Å²) in [4.78, 5) is 11.6. The van der Waals surface area contributed by atoms with Gasteiger partial charge >= 0.3 is 5.97 Å². The van der Waals surface area contributed by atoms with Crippen LogP contribution in [0.4, 0.5) is 0 Å². The first-order chi connectivity index (χ1) is 9.28. The van der Waals surface area contributed by atoms with Crippen molar-refractivity contribution in [1.29, 1.82) is 0 Å². The lowest BCUT2D eigenvalue weighted by Gasteiger charge is -2.21. The highest BCUT2D eigenvalue weighted by molar-refractivity contribution is 7.07. The monoisotopic (exact) mass is 277 g/mol. The molecule has 0 saturated carbocycles. The van der Waals surface area contributed by atoms with E-state index in [1.54, 1.807) is 11.3 Å². The number of carbonyl (C=O) groups excluding carboxylic acids is 1. The van der Waals surface area contributed by atoms with Crippen LogP contribution in [0.2, 0.25) is 0 Å². The first kappa shape index (κ1) is 12.3. The van der Waals surface area contributed by atoms with Gasteiger partial charge < -0.3 is 9.30 Å². The summed E-state index contributed by atoms with van der Waals surface area (Å²) in [5, 5.41) is 12.7. The first-order valence-electron chi connectivity index (χ1n) is 6.28. The van der Waals surface area contributed by atoms with Crippen LogP contribution in [0.15, 0.2) is 16.8 Å². The van der Waals surface area contributed by atoms with Gasteiger partial charge in [-0.3, -0.25) is 4.79 Å². The summed E-state index contributed by atoms with van der Waals surface area (Å²) in [6, 6.07) is 2.10. The molecule has 0 fully saturated rings. The molecule has 6 heteroatoms. The van der Waals surface area contributed by atoms with Crippen LogP contribution in [0.1, 0.15) is 23.6 Å². The van der Waals surface area contributed by atoms with Crippen LogP contribution in [-0.2, 0) is 28.9 Å². The zero-order valence-corrected chi connectivity index (χ0v) is 11.5. The molecule has 0 bridgehead atoms. The fourth-order valence-electron chi connectivity index (χ4n) is 2.46. The van der Waals surface area contributed by atoms with Crippen molar-refractivity contribution in [3.63, 3.8) is 0 Å². The summed E-state index contributed by atoms with van der Waals surface area (Å²) in [6.07, 6.45) is 2.23. The lowest BCUT2D eigenvalue weighted by molar-refractivity contribution is -0.146. The van der Waals surface area contributed by atoms with Gasteiger partial charge in [-0.15, -0.1) is 10.2 Å². The highest BCUT2D eigenvalue weighted by Gasteiger charge is 2.28. The van der Waals surface area contributed by atoms with E-state index in [1.807, 2.05) is 0 Å². The average molecular weight is 277 g/mol. The molecule has 0 spiro atoms. The van der Waals surface area contributed by atoms with Gasteiger partial charge in [-0.2, -0.15) is 11.3 Å². The highest BCUT2D eigenvalue weighted by Crippen LogP contribution is 2.22. The Bertz CT molecular complexity index is 577. The summed E-state index contributed by atoms with van der Waals surface area (Å²) in [5.41, 5.74) is 1.26. The van der Waals surface area contributed by atoms with Crippen LogP contribution in [-0.4, -0.2) is 27.8 Å². The molecule has 3 rings (SSSR count). The molecule has 5 nitrogen and oxygen atoms in total. The predicted octanol–water partition coefficient (Wildman–Crippen LogP) is 1.67. The minimum Gasteiger partial charge on any atom is -0.469 e. The molecule has 1 aliphatic rings. The van der Waals surface area contributed by atoms with E-state index >= 15 is 0 Å². The Labute approximate surface area is 115 Å². The number of hydrogen-bond acceptors (Lipinski definition) is 5. The van der Waals surface area contributed by atoms with Gasteiger partial charge in [-0.25, -0.2) is 0 Å². The third-order valence-corrected chi connectivity index (χ3v) is 4.24. The summed E-state index contributed by atoms with van der Waals surface area (Å²) >= 11 is 1.69. The number of ether oxygens (including phenoxy) is 1. The van der Waals surface area contributed by atoms with E-state index in [9.17, 15) is 4.79 Å². The fourth-order valence-corrected chi connectivity index (χ4v) is 3.13. The molecule has 19 heavy (non-hydrogen) atoms. The smallest absolute Gasteiger partial charge is 0.309 e. The quantitative estimate of drug-likeness (QED) is 0.801. The van der Waals surface area contributed by atoms with E-state index in [0.29, 0.717) is 6.42 Å². The fraction of sp³-hybridized carbons (Fsp3) is 0.462. The Morgan fingerprint density at radius 3 is 3.21 bits per heavy atom. The maximum Gasteiger partial charge on any atom is 0.309 e. The number of fused-ring (bicyclic) bond motifs is 1. The third-order valence-electron chi connectivity index (χ3n) is 3.51. The van der Waals surface area contributed by atoms with Gasteiger partial charge in [0.25, 0.3) is 0 Å². The molecule has 100 valence electrons. The van der Waals surface area contributed by atoms with Crippen LogP contribution in [0, 0.1) is 5.92 Å². The van der Waals surface area contributed by atoms with Gasteiger partial charge in [-0.05, 0) is 28.8 Å². The molecule has 0 amide bonds. The number of nitrogens with zero attached hydrogens (tertiary/aromatic N) is 3. The molecule has 0 aromatic carbocycles. The van der Waals surface area contributed by atoms with Crippen molar-refractivity contribution in [2.75, 3.05) is 7.11 Å². The number of carbonyl (C=O) groups is 1. The van der Waals surface area contributed by atoms with Crippen molar-refractivity contribution in [2.24, 2.45) is 5.92 Å². The highest BCUT2D eigenvalue weighted by atomic mass is 32.1. The minimum absolute atomic E-state index is 0.0734. The van der Waals surface area contributed by atoms with Gasteiger partial charge in [0.1, 0.15) is 11.6 Å². The Morgan fingerprint density at radius 2 is 2.47 bits per heavy atom. The largest absolute Gasteiger partial charge is 0.469 e. The van der Waals surface area contributed by atoms with Gasteiger partial charge in [0.2, 0.25) is 0 Å². The van der Waals surface area contributed by atoms with Crippen molar-refractivity contribution in [3.05, 3.63) is 34.0 Å². The summed E-state index contributed by atoms with van der Waals surface area (Å²) in [6.45, 7) is 0.793. The second kappa shape index (κ2) is 5.13. The van der Waals surface area contributed by atoms with Crippen LogP contribution >= 0.6 is 11.3 Å². The van der Waals surface area contributed by atoms with Crippen molar-refractivity contribution in [1.82, 2.24) is 14.8 Å². The zero-order valence-electron chi connectivity index (χ0n) is 10.7. The molecule has 0 radical (unpaired) electrons. The normalized spacial score (nSPS) is 18.1. The van der Waals surface area contributed by atoms with E-state index in [0.717, 1.165) is 31.0 Å². The first-order valence-corrected chi connectivity index (χ1v) is 7.22. The number of aromatic nitrogens is 3. The molecule has 3 heterocycles. The van der Waals surface area contributed by atoms with E-state index in [4.69, 9.17) is 4.74 Å². The van der Waals surface area contributed by atoms with Crippen molar-refractivity contribution in [3.8, 4) is 0 Å². The van der Waals surface area contributed by atoms with E-state index < -0.39 is 0 Å². The lowest BCUT2D eigenvalue weighted by Crippen LogP contribution is -2.27. The molecule has 0 saturated heterocycles. The second-order valence-electron chi connectivity index (χ2n) is 4.71. The molecule has 0 N–H and O–H groups in total. The molecule has 1 atom stereocenters. The predicted molar refractivity (Wildman–Crippen MR) is 71.0 cm³/mol. The molecule has 1 aliphatic heterocycles. The number of thiophene rings is 1. The van der Waals surface area contributed by atoms with Gasteiger partial charge in [-0.1, -0.05) is 0 Å². The molecule has 2 aromatic heterocycles. The topological polar surface area (TPSA) is 57.0 Å². The Balaban J connectivity index is 1.78. The van der Waals surface area contributed by atoms with Gasteiger partial charge in [0, 0.05) is 19.4 Å². The van der Waals surface area contributed by atoms with E-state index in [1.165, 1.54) is 12.7 Å². The lowest BCUT2D eigenvalue weighted by atomic mass is 9.98. The average Bonchev–Trinajstić information content (AvgIpc) is 3.08. The molecule has 1 unspecified atom stereocenters.